The standard InChI is InChI=1S/C21H23ClN4O6S/c1-3-14(18-24-15(10-33-18)20(29)30)25-21(31)26-9-17(27)23-8-12(19(26)28)6-11-7-13(22)4-5-16(11)32-2/h4-5,7,10,12,14H,3,6,8-9H2,1-2H3,(H,23,27)(H,25,31)(H,29,30)/t12-,14-/m1/s1. The Bertz CT molecular complexity index is 1070. The van der Waals surface area contributed by atoms with E-state index in [4.69, 9.17) is 21.4 Å². The molecule has 0 aliphatic carbocycles. The van der Waals surface area contributed by atoms with Crippen molar-refractivity contribution in [1.29, 1.82) is 0 Å². The quantitative estimate of drug-likeness (QED) is 0.537. The second kappa shape index (κ2) is 10.6. The zero-order valence-corrected chi connectivity index (χ0v) is 19.5. The molecule has 2 heterocycles. The minimum atomic E-state index is -1.17. The van der Waals surface area contributed by atoms with E-state index in [1.165, 1.54) is 12.5 Å². The molecule has 0 saturated carbocycles. The lowest BCUT2D eigenvalue weighted by atomic mass is 9.97. The van der Waals surface area contributed by atoms with Crippen molar-refractivity contribution in [3.63, 3.8) is 0 Å². The van der Waals surface area contributed by atoms with Crippen LogP contribution >= 0.6 is 22.9 Å². The molecule has 33 heavy (non-hydrogen) atoms. The highest BCUT2D eigenvalue weighted by molar-refractivity contribution is 7.09. The van der Waals surface area contributed by atoms with E-state index < -0.39 is 42.3 Å². The van der Waals surface area contributed by atoms with Crippen LogP contribution < -0.4 is 15.4 Å². The van der Waals surface area contributed by atoms with E-state index in [1.807, 2.05) is 0 Å². The molecular weight excluding hydrogens is 472 g/mol. The summed E-state index contributed by atoms with van der Waals surface area (Å²) >= 11 is 7.19. The molecule has 10 nitrogen and oxygen atoms in total. The summed E-state index contributed by atoms with van der Waals surface area (Å²) in [6.07, 6.45) is 0.619. The van der Waals surface area contributed by atoms with Gasteiger partial charge in [-0.05, 0) is 36.6 Å². The van der Waals surface area contributed by atoms with Gasteiger partial charge in [0.1, 0.15) is 17.3 Å². The number of aromatic nitrogens is 1. The van der Waals surface area contributed by atoms with Gasteiger partial charge in [0.15, 0.2) is 5.69 Å². The molecule has 2 atom stereocenters. The van der Waals surface area contributed by atoms with Crippen LogP contribution in [0.3, 0.4) is 0 Å². The van der Waals surface area contributed by atoms with E-state index >= 15 is 0 Å². The highest BCUT2D eigenvalue weighted by Crippen LogP contribution is 2.27. The molecule has 1 fully saturated rings. The van der Waals surface area contributed by atoms with Gasteiger partial charge in [0.25, 0.3) is 0 Å². The molecular formula is C21H23ClN4O6S. The number of carboxylic acid groups (broad SMARTS) is 1. The summed E-state index contributed by atoms with van der Waals surface area (Å²) in [5.74, 6) is -2.32. The second-order valence-corrected chi connectivity index (χ2v) is 8.70. The summed E-state index contributed by atoms with van der Waals surface area (Å²) in [4.78, 5) is 54.4. The fourth-order valence-corrected chi connectivity index (χ4v) is 4.56. The topological polar surface area (TPSA) is 138 Å². The maximum atomic E-state index is 13.2. The van der Waals surface area contributed by atoms with Gasteiger partial charge in [0, 0.05) is 16.9 Å². The maximum absolute atomic E-state index is 13.2. The number of hydrogen-bond donors (Lipinski definition) is 3. The van der Waals surface area contributed by atoms with E-state index in [0.717, 1.165) is 16.2 Å². The molecule has 3 rings (SSSR count). The van der Waals surface area contributed by atoms with Gasteiger partial charge in [0.05, 0.1) is 19.1 Å². The predicted octanol–water partition coefficient (Wildman–Crippen LogP) is 2.48. The average molecular weight is 495 g/mol. The van der Waals surface area contributed by atoms with Crippen LogP contribution in [-0.2, 0) is 16.0 Å². The summed E-state index contributed by atoms with van der Waals surface area (Å²) in [6, 6.07) is 3.67. The third-order valence-electron chi connectivity index (χ3n) is 5.16. The van der Waals surface area contributed by atoms with Gasteiger partial charge in [0.2, 0.25) is 11.8 Å². The third-order valence-corrected chi connectivity index (χ3v) is 6.36. The van der Waals surface area contributed by atoms with Crippen molar-refractivity contribution >= 4 is 46.8 Å². The van der Waals surface area contributed by atoms with Crippen molar-refractivity contribution in [3.05, 3.63) is 44.9 Å². The number of amides is 4. The van der Waals surface area contributed by atoms with Crippen molar-refractivity contribution in [2.45, 2.75) is 25.8 Å². The minimum absolute atomic E-state index is 0.0583. The first-order valence-corrected chi connectivity index (χ1v) is 11.4. The maximum Gasteiger partial charge on any atom is 0.355 e. The number of ether oxygens (including phenoxy) is 1. The second-order valence-electron chi connectivity index (χ2n) is 7.37. The summed E-state index contributed by atoms with van der Waals surface area (Å²) in [5.41, 5.74) is 0.554. The lowest BCUT2D eigenvalue weighted by molar-refractivity contribution is -0.133. The largest absolute Gasteiger partial charge is 0.496 e. The van der Waals surface area contributed by atoms with Crippen LogP contribution in [0.5, 0.6) is 5.75 Å². The van der Waals surface area contributed by atoms with Crippen molar-refractivity contribution in [3.8, 4) is 5.75 Å². The number of thiazole rings is 1. The Balaban J connectivity index is 1.79. The number of methoxy groups -OCH3 is 1. The van der Waals surface area contributed by atoms with E-state index in [1.54, 1.807) is 25.1 Å². The Morgan fingerprint density at radius 1 is 1.42 bits per heavy atom. The zero-order chi connectivity index (χ0) is 24.1. The van der Waals surface area contributed by atoms with Crippen molar-refractivity contribution in [2.24, 2.45) is 5.92 Å². The van der Waals surface area contributed by atoms with Crippen LogP contribution in [0.25, 0.3) is 0 Å². The first kappa shape index (κ1) is 24.5. The van der Waals surface area contributed by atoms with Gasteiger partial charge >= 0.3 is 12.0 Å². The van der Waals surface area contributed by atoms with Gasteiger partial charge < -0.3 is 20.5 Å². The number of halogens is 1. The molecule has 1 saturated heterocycles. The summed E-state index contributed by atoms with van der Waals surface area (Å²) in [5, 5.41) is 16.7. The summed E-state index contributed by atoms with van der Waals surface area (Å²) in [7, 11) is 1.50. The molecule has 1 aromatic carbocycles. The highest BCUT2D eigenvalue weighted by atomic mass is 35.5. The number of carbonyl (C=O) groups is 4. The molecule has 1 aliphatic rings. The molecule has 176 valence electrons. The number of urea groups is 1. The number of rotatable bonds is 7. The van der Waals surface area contributed by atoms with Gasteiger partial charge in [-0.2, -0.15) is 0 Å². The smallest absolute Gasteiger partial charge is 0.355 e. The molecule has 3 N–H and O–H groups in total. The van der Waals surface area contributed by atoms with Gasteiger partial charge in [-0.15, -0.1) is 11.3 Å². The fourth-order valence-electron chi connectivity index (χ4n) is 3.44. The van der Waals surface area contributed by atoms with Crippen molar-refractivity contribution in [2.75, 3.05) is 20.2 Å². The molecule has 1 aliphatic heterocycles. The van der Waals surface area contributed by atoms with E-state index in [0.29, 0.717) is 27.8 Å². The van der Waals surface area contributed by atoms with Crippen LogP contribution in [-0.4, -0.2) is 59.0 Å². The summed E-state index contributed by atoms with van der Waals surface area (Å²) in [6.45, 7) is 1.42. The number of carboxylic acids is 1. The number of carbonyl (C=O) groups excluding carboxylic acids is 3. The van der Waals surface area contributed by atoms with Gasteiger partial charge in [-0.25, -0.2) is 14.6 Å². The van der Waals surface area contributed by atoms with Crippen LogP contribution in [0.1, 0.15) is 40.4 Å². The normalized spacial score (nSPS) is 17.2. The number of nitrogens with one attached hydrogen (secondary N) is 2. The number of nitrogens with zero attached hydrogens (tertiary/aromatic N) is 2. The molecule has 0 bridgehead atoms. The van der Waals surface area contributed by atoms with Crippen LogP contribution in [0.4, 0.5) is 4.79 Å². The first-order chi connectivity index (χ1) is 15.7. The Morgan fingerprint density at radius 3 is 2.82 bits per heavy atom. The lowest BCUT2D eigenvalue weighted by Crippen LogP contribution is -2.48. The Hall–Kier alpha value is -3.18. The molecule has 1 aromatic heterocycles. The number of aromatic carboxylic acids is 1. The van der Waals surface area contributed by atoms with E-state index in [9.17, 15) is 19.2 Å². The van der Waals surface area contributed by atoms with Crippen LogP contribution in [0.2, 0.25) is 5.02 Å². The highest BCUT2D eigenvalue weighted by Gasteiger charge is 2.35. The number of imide groups is 1. The molecule has 0 spiro atoms. The predicted molar refractivity (Wildman–Crippen MR) is 121 cm³/mol. The van der Waals surface area contributed by atoms with Crippen LogP contribution in [0, 0.1) is 5.92 Å². The van der Waals surface area contributed by atoms with Gasteiger partial charge in [-0.3, -0.25) is 14.5 Å². The first-order valence-electron chi connectivity index (χ1n) is 10.1. The molecule has 0 unspecified atom stereocenters. The van der Waals surface area contributed by atoms with E-state index in [2.05, 4.69) is 15.6 Å². The lowest BCUT2D eigenvalue weighted by Gasteiger charge is -2.24. The Morgan fingerprint density at radius 2 is 2.18 bits per heavy atom. The number of hydrogen-bond acceptors (Lipinski definition) is 7. The van der Waals surface area contributed by atoms with Gasteiger partial charge in [-0.1, -0.05) is 18.5 Å². The molecule has 0 radical (unpaired) electrons. The minimum Gasteiger partial charge on any atom is -0.496 e. The number of benzene rings is 1. The molecule has 12 heteroatoms. The zero-order valence-electron chi connectivity index (χ0n) is 18.0. The Labute approximate surface area is 198 Å². The SMILES string of the molecule is CC[C@@H](NC(=O)N1CC(=O)NC[C@@H](Cc2cc(Cl)ccc2OC)C1=O)c1nc(C(=O)O)cs1. The Kier molecular flexibility index (Phi) is 7.88. The molecule has 2 aromatic rings. The summed E-state index contributed by atoms with van der Waals surface area (Å²) < 4.78 is 5.34. The van der Waals surface area contributed by atoms with Crippen LogP contribution in [0.15, 0.2) is 23.6 Å². The molecule has 4 amide bonds. The average Bonchev–Trinajstić information content (AvgIpc) is 3.23. The third kappa shape index (κ3) is 5.79. The van der Waals surface area contributed by atoms with Crippen molar-refractivity contribution in [1.82, 2.24) is 20.5 Å². The fraction of sp³-hybridized carbons (Fsp3) is 0.381. The van der Waals surface area contributed by atoms with E-state index in [-0.39, 0.29) is 18.7 Å². The monoisotopic (exact) mass is 494 g/mol. The van der Waals surface area contributed by atoms with Crippen molar-refractivity contribution < 1.29 is 29.0 Å².